The van der Waals surface area contributed by atoms with Crippen molar-refractivity contribution < 1.29 is 4.74 Å². The third-order valence-electron chi connectivity index (χ3n) is 3.32. The molecular formula is C15H25N3OS. The molecule has 1 N–H and O–H groups in total. The summed E-state index contributed by atoms with van der Waals surface area (Å²) in [6.45, 7) is 11.2. The lowest BCUT2D eigenvalue weighted by Crippen LogP contribution is -2.17. The number of thiazole rings is 1. The summed E-state index contributed by atoms with van der Waals surface area (Å²) < 4.78 is 7.79. The van der Waals surface area contributed by atoms with E-state index in [2.05, 4.69) is 47.8 Å². The zero-order valence-corrected chi connectivity index (χ0v) is 13.7. The number of aromatic nitrogens is 2. The molecular weight excluding hydrogens is 270 g/mol. The Hall–Kier alpha value is -0.910. The average molecular weight is 295 g/mol. The molecule has 0 saturated heterocycles. The van der Waals surface area contributed by atoms with Crippen LogP contribution in [0.4, 0.5) is 0 Å². The van der Waals surface area contributed by atoms with Gasteiger partial charge < -0.3 is 10.1 Å². The van der Waals surface area contributed by atoms with Crippen molar-refractivity contribution in [1.29, 1.82) is 0 Å². The molecule has 0 atom stereocenters. The van der Waals surface area contributed by atoms with E-state index >= 15 is 0 Å². The predicted molar refractivity (Wildman–Crippen MR) is 84.6 cm³/mol. The molecule has 112 valence electrons. The Morgan fingerprint density at radius 3 is 2.90 bits per heavy atom. The number of ether oxygens (including phenoxy) is 1. The Morgan fingerprint density at radius 2 is 2.15 bits per heavy atom. The van der Waals surface area contributed by atoms with Crippen LogP contribution in [0.2, 0.25) is 0 Å². The van der Waals surface area contributed by atoms with Crippen LogP contribution < -0.4 is 5.32 Å². The Labute approximate surface area is 125 Å². The van der Waals surface area contributed by atoms with E-state index in [0.29, 0.717) is 6.10 Å². The van der Waals surface area contributed by atoms with Crippen LogP contribution in [0.15, 0.2) is 5.38 Å². The summed E-state index contributed by atoms with van der Waals surface area (Å²) in [5, 5.41) is 5.68. The van der Waals surface area contributed by atoms with Crippen LogP contribution in [-0.4, -0.2) is 28.6 Å². The van der Waals surface area contributed by atoms with Gasteiger partial charge in [0.25, 0.3) is 0 Å². The first kappa shape index (κ1) is 15.5. The highest BCUT2D eigenvalue weighted by Crippen LogP contribution is 2.20. The first-order valence-corrected chi connectivity index (χ1v) is 8.22. The van der Waals surface area contributed by atoms with Crippen molar-refractivity contribution in [2.75, 3.05) is 13.2 Å². The highest BCUT2D eigenvalue weighted by Gasteiger charge is 2.11. The molecule has 0 bridgehead atoms. The smallest absolute Gasteiger partial charge is 0.194 e. The summed E-state index contributed by atoms with van der Waals surface area (Å²) >= 11 is 1.71. The maximum absolute atomic E-state index is 5.54. The van der Waals surface area contributed by atoms with E-state index in [1.165, 1.54) is 11.4 Å². The van der Waals surface area contributed by atoms with E-state index in [4.69, 9.17) is 4.74 Å². The third kappa shape index (κ3) is 3.81. The zero-order valence-electron chi connectivity index (χ0n) is 12.9. The molecule has 2 rings (SSSR count). The fourth-order valence-electron chi connectivity index (χ4n) is 2.25. The maximum Gasteiger partial charge on any atom is 0.194 e. The van der Waals surface area contributed by atoms with Gasteiger partial charge in [-0.1, -0.05) is 0 Å². The molecule has 0 aliphatic carbocycles. The fourth-order valence-corrected chi connectivity index (χ4v) is 3.18. The van der Waals surface area contributed by atoms with Gasteiger partial charge in [0.15, 0.2) is 4.96 Å². The summed E-state index contributed by atoms with van der Waals surface area (Å²) in [5.41, 5.74) is 3.69. The van der Waals surface area contributed by atoms with E-state index < -0.39 is 0 Å². The molecule has 0 aromatic carbocycles. The molecule has 0 aliphatic rings. The highest BCUT2D eigenvalue weighted by molar-refractivity contribution is 7.15. The number of aryl methyl sites for hydroxylation is 2. The molecule has 5 heteroatoms. The molecule has 0 unspecified atom stereocenters. The Kier molecular flexibility index (Phi) is 5.57. The molecule has 0 radical (unpaired) electrons. The normalized spacial score (nSPS) is 11.8. The van der Waals surface area contributed by atoms with E-state index in [-0.39, 0.29) is 0 Å². The van der Waals surface area contributed by atoms with Crippen molar-refractivity contribution in [2.45, 2.75) is 53.2 Å². The minimum atomic E-state index is 0.340. The summed E-state index contributed by atoms with van der Waals surface area (Å²) in [6.07, 6.45) is 2.60. The number of rotatable bonds is 8. The van der Waals surface area contributed by atoms with Crippen LogP contribution in [0.5, 0.6) is 0 Å². The second-order valence-corrected chi connectivity index (χ2v) is 6.28. The molecule has 2 aromatic heterocycles. The molecule has 2 aromatic rings. The van der Waals surface area contributed by atoms with Crippen LogP contribution in [0.25, 0.3) is 4.96 Å². The van der Waals surface area contributed by atoms with Crippen molar-refractivity contribution in [3.8, 4) is 0 Å². The molecule has 0 spiro atoms. The summed E-state index contributed by atoms with van der Waals surface area (Å²) in [7, 11) is 0. The lowest BCUT2D eigenvalue weighted by atomic mass is 10.3. The number of nitrogens with one attached hydrogen (secondary N) is 1. The molecule has 2 heterocycles. The van der Waals surface area contributed by atoms with E-state index in [1.807, 2.05) is 0 Å². The largest absolute Gasteiger partial charge is 0.379 e. The van der Waals surface area contributed by atoms with Crippen molar-refractivity contribution >= 4 is 16.3 Å². The Morgan fingerprint density at radius 1 is 1.35 bits per heavy atom. The van der Waals surface area contributed by atoms with Crippen LogP contribution in [-0.2, 0) is 11.3 Å². The number of fused-ring (bicyclic) bond motifs is 1. The van der Waals surface area contributed by atoms with Crippen LogP contribution in [0.1, 0.15) is 43.8 Å². The zero-order chi connectivity index (χ0) is 14.5. The van der Waals surface area contributed by atoms with E-state index in [1.54, 1.807) is 11.3 Å². The standard InChI is InChI=1S/C15H25N3OS/c1-11(2)19-8-6-5-7-16-9-14-13(4)17-15-18(14)12(3)10-20-15/h10-11,16H,5-9H2,1-4H3. The molecule has 0 aliphatic heterocycles. The minimum absolute atomic E-state index is 0.340. The van der Waals surface area contributed by atoms with Gasteiger partial charge in [0.1, 0.15) is 0 Å². The Bertz CT molecular complexity index is 545. The number of nitrogens with zero attached hydrogens (tertiary/aromatic N) is 2. The first-order chi connectivity index (χ1) is 9.59. The van der Waals surface area contributed by atoms with Crippen LogP contribution >= 0.6 is 11.3 Å². The minimum Gasteiger partial charge on any atom is -0.379 e. The Balaban J connectivity index is 1.76. The predicted octanol–water partition coefficient (Wildman–Crippen LogP) is 3.31. The molecule has 0 fully saturated rings. The van der Waals surface area contributed by atoms with Gasteiger partial charge in [0, 0.05) is 24.2 Å². The third-order valence-corrected chi connectivity index (χ3v) is 4.26. The highest BCUT2D eigenvalue weighted by atomic mass is 32.1. The summed E-state index contributed by atoms with van der Waals surface area (Å²) in [4.78, 5) is 5.70. The van der Waals surface area contributed by atoms with Gasteiger partial charge in [-0.05, 0) is 47.1 Å². The lowest BCUT2D eigenvalue weighted by Gasteiger charge is -2.08. The monoisotopic (exact) mass is 295 g/mol. The SMILES string of the molecule is Cc1nc2scc(C)n2c1CNCCCCOC(C)C. The first-order valence-electron chi connectivity index (χ1n) is 7.34. The summed E-state index contributed by atoms with van der Waals surface area (Å²) in [6, 6.07) is 0. The second-order valence-electron chi connectivity index (χ2n) is 5.44. The van der Waals surface area contributed by atoms with Crippen molar-refractivity contribution in [3.05, 3.63) is 22.5 Å². The van der Waals surface area contributed by atoms with Gasteiger partial charge in [-0.25, -0.2) is 4.98 Å². The quantitative estimate of drug-likeness (QED) is 0.759. The van der Waals surface area contributed by atoms with Crippen LogP contribution in [0, 0.1) is 13.8 Å². The van der Waals surface area contributed by atoms with Crippen LogP contribution in [0.3, 0.4) is 0 Å². The summed E-state index contributed by atoms with van der Waals surface area (Å²) in [5.74, 6) is 0. The molecule has 0 amide bonds. The van der Waals surface area contributed by atoms with Gasteiger partial charge in [0.05, 0.1) is 17.5 Å². The van der Waals surface area contributed by atoms with Crippen molar-refractivity contribution in [1.82, 2.24) is 14.7 Å². The molecule has 0 saturated carbocycles. The second kappa shape index (κ2) is 7.20. The molecule has 20 heavy (non-hydrogen) atoms. The number of unbranched alkanes of at least 4 members (excludes halogenated alkanes) is 1. The number of hydrogen-bond donors (Lipinski definition) is 1. The lowest BCUT2D eigenvalue weighted by molar-refractivity contribution is 0.0760. The average Bonchev–Trinajstić information content (AvgIpc) is 2.89. The van der Waals surface area contributed by atoms with Crippen molar-refractivity contribution in [2.24, 2.45) is 0 Å². The van der Waals surface area contributed by atoms with E-state index in [9.17, 15) is 0 Å². The van der Waals surface area contributed by atoms with Gasteiger partial charge in [-0.15, -0.1) is 11.3 Å². The fraction of sp³-hybridized carbons (Fsp3) is 0.667. The van der Waals surface area contributed by atoms with Gasteiger partial charge in [0.2, 0.25) is 0 Å². The number of imidazole rings is 1. The van der Waals surface area contributed by atoms with Crippen molar-refractivity contribution in [3.63, 3.8) is 0 Å². The topological polar surface area (TPSA) is 38.6 Å². The van der Waals surface area contributed by atoms with E-state index in [0.717, 1.165) is 43.2 Å². The maximum atomic E-state index is 5.54. The van der Waals surface area contributed by atoms with Gasteiger partial charge in [-0.2, -0.15) is 0 Å². The number of hydrogen-bond acceptors (Lipinski definition) is 4. The van der Waals surface area contributed by atoms with Gasteiger partial charge >= 0.3 is 0 Å². The molecule has 4 nitrogen and oxygen atoms in total. The van der Waals surface area contributed by atoms with Gasteiger partial charge in [-0.3, -0.25) is 4.40 Å².